The second kappa shape index (κ2) is 15.8. The van der Waals surface area contributed by atoms with Crippen molar-refractivity contribution in [2.24, 2.45) is 5.41 Å². The van der Waals surface area contributed by atoms with E-state index < -0.39 is 0 Å². The summed E-state index contributed by atoms with van der Waals surface area (Å²) in [6.07, 6.45) is 4.88. The van der Waals surface area contributed by atoms with Crippen molar-refractivity contribution in [1.82, 2.24) is 15.0 Å². The van der Waals surface area contributed by atoms with Crippen LogP contribution < -0.4 is 0 Å². The molecule has 5 heteroatoms. The van der Waals surface area contributed by atoms with Crippen LogP contribution >= 0.6 is 0 Å². The van der Waals surface area contributed by atoms with Crippen LogP contribution in [0, 0.1) is 31.4 Å². The smallest absolute Gasteiger partial charge is 0.216 e. The third-order valence-corrected chi connectivity index (χ3v) is 9.02. The molecule has 3 aromatic carbocycles. The van der Waals surface area contributed by atoms with Gasteiger partial charge in [0.25, 0.3) is 0 Å². The van der Waals surface area contributed by atoms with Gasteiger partial charge in [-0.2, -0.15) is 0 Å². The second-order valence-corrected chi connectivity index (χ2v) is 15.1. The van der Waals surface area contributed by atoms with Crippen molar-refractivity contribution >= 4 is 22.1 Å². The Morgan fingerprint density at radius 1 is 0.706 bits per heavy atom. The Morgan fingerprint density at radius 3 is 2.02 bits per heavy atom. The van der Waals surface area contributed by atoms with Crippen LogP contribution in [0.5, 0.6) is 0 Å². The van der Waals surface area contributed by atoms with Gasteiger partial charge in [0, 0.05) is 43.4 Å². The summed E-state index contributed by atoms with van der Waals surface area (Å²) in [7, 11) is 0. The first-order valence-electron chi connectivity index (χ1n) is 17.6. The normalized spacial score (nSPS) is 11.5. The molecule has 7 aromatic rings. The van der Waals surface area contributed by atoms with Crippen molar-refractivity contribution in [2.45, 2.75) is 80.6 Å². The van der Waals surface area contributed by atoms with E-state index in [2.05, 4.69) is 121 Å². The van der Waals surface area contributed by atoms with Crippen molar-refractivity contribution in [2.75, 3.05) is 0 Å². The molecule has 0 atom stereocenters. The molecule has 263 valence electrons. The Balaban J connectivity index is 0.000000302. The number of rotatable bonds is 6. The van der Waals surface area contributed by atoms with Gasteiger partial charge in [-0.3, -0.25) is 0 Å². The number of benzene rings is 3. The molecule has 4 heterocycles. The van der Waals surface area contributed by atoms with Gasteiger partial charge in [-0.25, -0.2) is 4.98 Å². The number of fused-ring (bicyclic) bond motifs is 3. The molecule has 0 bridgehead atoms. The molecule has 0 aliphatic rings. The van der Waals surface area contributed by atoms with E-state index in [1.807, 2.05) is 55.7 Å². The molecule has 0 saturated carbocycles. The van der Waals surface area contributed by atoms with Gasteiger partial charge in [0.1, 0.15) is 0 Å². The Bertz CT molecular complexity index is 2220. The fourth-order valence-electron chi connectivity index (χ4n) is 6.46. The maximum atomic E-state index is 6.47. The van der Waals surface area contributed by atoms with Gasteiger partial charge in [-0.1, -0.05) is 101 Å². The number of aromatic nitrogens is 3. The van der Waals surface area contributed by atoms with Crippen LogP contribution in [-0.2, 0) is 26.5 Å². The summed E-state index contributed by atoms with van der Waals surface area (Å²) in [6, 6.07) is 35.6. The Morgan fingerprint density at radius 2 is 1.41 bits per heavy atom. The fraction of sp³-hybridized carbons (Fsp3) is 0.283. The van der Waals surface area contributed by atoms with Gasteiger partial charge >= 0.3 is 0 Å². The molecule has 0 aliphatic heterocycles. The monoisotopic (exact) mass is 850 g/mol. The predicted molar refractivity (Wildman–Crippen MR) is 208 cm³/mol. The van der Waals surface area contributed by atoms with Gasteiger partial charge in [-0.05, 0) is 83.3 Å². The first-order valence-corrected chi connectivity index (χ1v) is 17.6. The minimum Gasteiger partial charge on any atom is -0.486 e. The summed E-state index contributed by atoms with van der Waals surface area (Å²) in [5.41, 5.74) is 14.0. The van der Waals surface area contributed by atoms with Gasteiger partial charge < -0.3 is 14.4 Å². The summed E-state index contributed by atoms with van der Waals surface area (Å²) >= 11 is 0. The van der Waals surface area contributed by atoms with E-state index in [4.69, 9.17) is 14.4 Å². The second-order valence-electron chi connectivity index (χ2n) is 15.1. The maximum absolute atomic E-state index is 6.47. The molecule has 0 amide bonds. The predicted octanol–water partition coefficient (Wildman–Crippen LogP) is 12.5. The van der Waals surface area contributed by atoms with E-state index in [9.17, 15) is 0 Å². The van der Waals surface area contributed by atoms with E-state index in [-0.39, 0.29) is 25.5 Å². The van der Waals surface area contributed by atoms with Crippen molar-refractivity contribution in [3.63, 3.8) is 0 Å². The summed E-state index contributed by atoms with van der Waals surface area (Å²) in [5.74, 6) is 0.803. The average Bonchev–Trinajstić information content (AvgIpc) is 3.47. The molecule has 0 N–H and O–H groups in total. The van der Waals surface area contributed by atoms with Crippen LogP contribution in [0.1, 0.15) is 88.1 Å². The Kier molecular flexibility index (Phi) is 11.7. The summed E-state index contributed by atoms with van der Waals surface area (Å²) in [4.78, 5) is 14.2. The minimum absolute atomic E-state index is 0. The van der Waals surface area contributed by atoms with E-state index in [0.29, 0.717) is 17.5 Å². The number of aryl methyl sites for hydroxylation is 2. The Labute approximate surface area is 317 Å². The summed E-state index contributed by atoms with van der Waals surface area (Å²) in [5, 5.41) is 2.06. The minimum atomic E-state index is 0. The molecule has 51 heavy (non-hydrogen) atoms. The van der Waals surface area contributed by atoms with E-state index in [1.165, 1.54) is 33.4 Å². The molecule has 0 aliphatic carbocycles. The number of furan rings is 1. The molecule has 7 rings (SSSR count). The number of pyridine rings is 3. The van der Waals surface area contributed by atoms with E-state index >= 15 is 0 Å². The van der Waals surface area contributed by atoms with Crippen molar-refractivity contribution in [3.8, 4) is 33.8 Å². The topological polar surface area (TPSA) is 51.8 Å². The SMILES string of the molecule is Cc1cc(-c2[c-]ccc3c2oc2nc(-c4c(C(C)C)cccc4C(C)C)ccc23)ncc1CC(C)(C)C.Cc1ccc(-c2[c-]cccc2)nc1.[Ir]. The van der Waals surface area contributed by atoms with Crippen molar-refractivity contribution in [1.29, 1.82) is 0 Å². The molecular formula is C46H47IrN3O-2. The average molecular weight is 850 g/mol. The van der Waals surface area contributed by atoms with Gasteiger partial charge in [0.2, 0.25) is 5.71 Å². The molecule has 0 saturated heterocycles. The zero-order valence-electron chi connectivity index (χ0n) is 31.2. The summed E-state index contributed by atoms with van der Waals surface area (Å²) in [6.45, 7) is 19.9. The van der Waals surface area contributed by atoms with Gasteiger partial charge in [-0.15, -0.1) is 54.1 Å². The Hall–Kier alpha value is -4.44. The quantitative estimate of drug-likeness (QED) is 0.156. The first kappa shape index (κ1) is 37.8. The summed E-state index contributed by atoms with van der Waals surface area (Å²) < 4.78 is 6.47. The molecular weight excluding hydrogens is 803 g/mol. The largest absolute Gasteiger partial charge is 0.486 e. The third kappa shape index (κ3) is 8.55. The standard InChI is InChI=1S/C34H37N2O.C12H10N.Ir/c1-20(2)24-11-9-12-25(21(3)4)31(24)29-16-15-27-26-13-10-14-28(32(26)37-33(27)36-29)30-17-22(5)23(19-35-30)18-34(6,7)8;1-10-7-8-12(13-9-10)11-5-3-2-4-6-11;/h9-13,15-17,19-21H,18H2,1-8H3;2-5,7-9H,1H3;/q2*-1;. The number of hydrogen-bond donors (Lipinski definition) is 0. The molecule has 0 unspecified atom stereocenters. The van der Waals surface area contributed by atoms with Crippen LogP contribution in [0.2, 0.25) is 0 Å². The molecule has 1 radical (unpaired) electrons. The van der Waals surface area contributed by atoms with Gasteiger partial charge in [0.05, 0.1) is 11.3 Å². The zero-order valence-corrected chi connectivity index (χ0v) is 33.6. The van der Waals surface area contributed by atoms with Crippen LogP contribution in [-0.4, -0.2) is 15.0 Å². The van der Waals surface area contributed by atoms with Gasteiger partial charge in [0.15, 0.2) is 0 Å². The van der Waals surface area contributed by atoms with Crippen LogP contribution in [0.15, 0.2) is 102 Å². The molecule has 0 fully saturated rings. The van der Waals surface area contributed by atoms with Crippen molar-refractivity contribution < 1.29 is 24.5 Å². The van der Waals surface area contributed by atoms with Crippen molar-refractivity contribution in [3.05, 3.63) is 137 Å². The van der Waals surface area contributed by atoms with E-state index in [0.717, 1.165) is 51.0 Å². The molecule has 4 aromatic heterocycles. The van der Waals surface area contributed by atoms with Crippen LogP contribution in [0.4, 0.5) is 0 Å². The fourth-order valence-corrected chi connectivity index (χ4v) is 6.46. The first-order chi connectivity index (χ1) is 23.9. The zero-order chi connectivity index (χ0) is 35.6. The van der Waals surface area contributed by atoms with Crippen LogP contribution in [0.25, 0.3) is 55.8 Å². The number of hydrogen-bond acceptors (Lipinski definition) is 4. The number of nitrogens with zero attached hydrogens (tertiary/aromatic N) is 3. The third-order valence-electron chi connectivity index (χ3n) is 9.02. The molecule has 4 nitrogen and oxygen atoms in total. The van der Waals surface area contributed by atoms with E-state index in [1.54, 1.807) is 0 Å². The van der Waals surface area contributed by atoms with Crippen LogP contribution in [0.3, 0.4) is 0 Å². The maximum Gasteiger partial charge on any atom is 0.216 e. The molecule has 0 spiro atoms.